The fraction of sp³-hybridized carbons (Fsp3) is 0.250. The molecule has 0 radical (unpaired) electrons. The van der Waals surface area contributed by atoms with Crippen molar-refractivity contribution >= 4 is 37.3 Å². The first-order valence-corrected chi connectivity index (χ1v) is 9.05. The predicted octanol–water partition coefficient (Wildman–Crippen LogP) is 1.48. The Hall–Kier alpha value is -1.00. The Morgan fingerprint density at radius 1 is 1.43 bits per heavy atom. The van der Waals surface area contributed by atoms with Gasteiger partial charge < -0.3 is 10.1 Å². The van der Waals surface area contributed by atoms with Crippen LogP contribution in [0.3, 0.4) is 0 Å². The second-order valence-corrected chi connectivity index (χ2v) is 7.79. The molecule has 114 valence electrons. The van der Waals surface area contributed by atoms with Crippen molar-refractivity contribution in [3.63, 3.8) is 0 Å². The average Bonchev–Trinajstić information content (AvgIpc) is 2.85. The normalized spacial score (nSPS) is 11.8. The summed E-state index contributed by atoms with van der Waals surface area (Å²) < 4.78 is 27.7. The van der Waals surface area contributed by atoms with Crippen molar-refractivity contribution in [3.8, 4) is 0 Å². The molecule has 0 unspecified atom stereocenters. The smallest absolute Gasteiger partial charge is 0.304 e. The Balaban J connectivity index is 2.31. The van der Waals surface area contributed by atoms with Gasteiger partial charge in [-0.1, -0.05) is 27.3 Å². The van der Waals surface area contributed by atoms with Crippen molar-refractivity contribution in [2.75, 3.05) is 0 Å². The number of hydrogen-bond acceptors (Lipinski definition) is 5. The van der Waals surface area contributed by atoms with Gasteiger partial charge in [-0.3, -0.25) is 4.79 Å². The third-order valence-corrected chi connectivity index (χ3v) is 5.92. The lowest BCUT2D eigenvalue weighted by molar-refractivity contribution is 0.281. The van der Waals surface area contributed by atoms with E-state index in [1.165, 1.54) is 6.07 Å². The van der Waals surface area contributed by atoms with E-state index < -0.39 is 10.0 Å². The summed E-state index contributed by atoms with van der Waals surface area (Å²) in [5, 5.41) is 10.7. The molecule has 2 aromatic rings. The molecule has 0 aliphatic rings. The number of aliphatic hydroxyl groups is 1. The lowest BCUT2D eigenvalue weighted by Crippen LogP contribution is -2.24. The van der Waals surface area contributed by atoms with E-state index in [2.05, 4.69) is 25.6 Å². The maximum Gasteiger partial charge on any atom is 0.304 e. The molecule has 0 aliphatic heterocycles. The second-order valence-electron chi connectivity index (χ2n) is 4.36. The highest BCUT2D eigenvalue weighted by atomic mass is 79.9. The molecular weight excluding hydrogens is 380 g/mol. The average molecular weight is 393 g/mol. The lowest BCUT2D eigenvalue weighted by atomic mass is 10.2. The second kappa shape index (κ2) is 6.41. The molecule has 0 saturated carbocycles. The largest absolute Gasteiger partial charge is 0.392 e. The van der Waals surface area contributed by atoms with E-state index in [1.54, 1.807) is 18.4 Å². The zero-order chi connectivity index (χ0) is 15.6. The number of rotatable bonds is 5. The summed E-state index contributed by atoms with van der Waals surface area (Å²) in [7, 11) is -3.74. The molecule has 1 aromatic carbocycles. The van der Waals surface area contributed by atoms with Crippen LogP contribution in [0, 0.1) is 6.92 Å². The van der Waals surface area contributed by atoms with Crippen LogP contribution in [0.2, 0.25) is 0 Å². The minimum absolute atomic E-state index is 0.00147. The molecule has 0 spiro atoms. The van der Waals surface area contributed by atoms with Crippen LogP contribution in [0.5, 0.6) is 0 Å². The van der Waals surface area contributed by atoms with Crippen LogP contribution in [0.4, 0.5) is 0 Å². The molecule has 1 heterocycles. The predicted molar refractivity (Wildman–Crippen MR) is 83.8 cm³/mol. The number of nitrogens with one attached hydrogen (secondary N) is 2. The summed E-state index contributed by atoms with van der Waals surface area (Å²) in [6.07, 6.45) is 0. The van der Waals surface area contributed by atoms with Gasteiger partial charge in [-0.25, -0.2) is 13.1 Å². The minimum atomic E-state index is -3.74. The number of H-pyrrole nitrogens is 1. The standard InChI is InChI=1S/C12H13BrN2O4S2/c1-7-10(13)2-8(5-16)3-11(7)21(18,19)14-4-9-6-20-12(17)15-9/h2-3,6,14,16H,4-5H2,1H3,(H,15,17). The lowest BCUT2D eigenvalue weighted by Gasteiger charge is -2.11. The summed E-state index contributed by atoms with van der Waals surface area (Å²) in [6, 6.07) is 3.10. The van der Waals surface area contributed by atoms with E-state index in [-0.39, 0.29) is 22.9 Å². The number of aliphatic hydroxyl groups excluding tert-OH is 1. The van der Waals surface area contributed by atoms with E-state index in [0.717, 1.165) is 11.3 Å². The van der Waals surface area contributed by atoms with Crippen molar-refractivity contribution in [1.29, 1.82) is 0 Å². The molecular formula is C12H13BrN2O4S2. The molecule has 21 heavy (non-hydrogen) atoms. The van der Waals surface area contributed by atoms with Crippen molar-refractivity contribution in [1.82, 2.24) is 9.71 Å². The van der Waals surface area contributed by atoms with Gasteiger partial charge in [0, 0.05) is 15.5 Å². The molecule has 9 heteroatoms. The maximum atomic E-state index is 12.4. The Morgan fingerprint density at radius 2 is 2.14 bits per heavy atom. The molecule has 0 atom stereocenters. The maximum absolute atomic E-state index is 12.4. The topological polar surface area (TPSA) is 99.3 Å². The highest BCUT2D eigenvalue weighted by Crippen LogP contribution is 2.26. The van der Waals surface area contributed by atoms with Crippen LogP contribution in [0.1, 0.15) is 16.8 Å². The van der Waals surface area contributed by atoms with Gasteiger partial charge >= 0.3 is 4.87 Å². The van der Waals surface area contributed by atoms with Crippen molar-refractivity contribution in [3.05, 3.63) is 48.5 Å². The molecule has 2 rings (SSSR count). The fourth-order valence-corrected chi connectivity index (χ4v) is 4.27. The first-order valence-electron chi connectivity index (χ1n) is 5.89. The molecule has 0 bridgehead atoms. The van der Waals surface area contributed by atoms with E-state index in [9.17, 15) is 18.3 Å². The number of halogens is 1. The summed E-state index contributed by atoms with van der Waals surface area (Å²) in [4.78, 5) is 13.4. The zero-order valence-corrected chi connectivity index (χ0v) is 14.2. The Bertz CT molecular complexity index is 811. The van der Waals surface area contributed by atoms with Crippen molar-refractivity contribution in [2.24, 2.45) is 0 Å². The first kappa shape index (κ1) is 16.4. The third kappa shape index (κ3) is 3.80. The summed E-state index contributed by atoms with van der Waals surface area (Å²) in [5.41, 5.74) is 1.55. The van der Waals surface area contributed by atoms with Crippen LogP contribution < -0.4 is 9.60 Å². The van der Waals surface area contributed by atoms with Gasteiger partial charge in [0.05, 0.1) is 18.0 Å². The first-order chi connectivity index (χ1) is 9.83. The zero-order valence-electron chi connectivity index (χ0n) is 11.0. The molecule has 1 aromatic heterocycles. The number of sulfonamides is 1. The van der Waals surface area contributed by atoms with Crippen LogP contribution in [0.15, 0.2) is 31.7 Å². The molecule has 0 amide bonds. The van der Waals surface area contributed by atoms with E-state index in [1.807, 2.05) is 0 Å². The Morgan fingerprint density at radius 3 is 2.71 bits per heavy atom. The van der Waals surface area contributed by atoms with Gasteiger partial charge in [-0.05, 0) is 30.2 Å². The van der Waals surface area contributed by atoms with Crippen molar-refractivity contribution < 1.29 is 13.5 Å². The van der Waals surface area contributed by atoms with Gasteiger partial charge in [-0.2, -0.15) is 0 Å². The molecule has 3 N–H and O–H groups in total. The van der Waals surface area contributed by atoms with Crippen LogP contribution in [-0.2, 0) is 23.2 Å². The van der Waals surface area contributed by atoms with Crippen LogP contribution >= 0.6 is 27.3 Å². The number of thiazole rings is 1. The summed E-state index contributed by atoms with van der Waals surface area (Å²) >= 11 is 4.26. The van der Waals surface area contributed by atoms with E-state index in [0.29, 0.717) is 21.3 Å². The molecule has 0 saturated heterocycles. The van der Waals surface area contributed by atoms with E-state index >= 15 is 0 Å². The van der Waals surface area contributed by atoms with Crippen LogP contribution in [0.25, 0.3) is 0 Å². The number of aromatic nitrogens is 1. The Kier molecular flexibility index (Phi) is 4.99. The quantitative estimate of drug-likeness (QED) is 0.717. The summed E-state index contributed by atoms with van der Waals surface area (Å²) in [5.74, 6) is 0. The molecule has 0 aliphatic carbocycles. The molecule has 6 nitrogen and oxygen atoms in total. The molecule has 0 fully saturated rings. The fourth-order valence-electron chi connectivity index (χ4n) is 1.73. The third-order valence-electron chi connectivity index (χ3n) is 2.85. The van der Waals surface area contributed by atoms with Crippen molar-refractivity contribution in [2.45, 2.75) is 25.0 Å². The van der Waals surface area contributed by atoms with Gasteiger partial charge in [0.15, 0.2) is 0 Å². The monoisotopic (exact) mass is 392 g/mol. The highest BCUT2D eigenvalue weighted by Gasteiger charge is 2.19. The number of aromatic amines is 1. The van der Waals surface area contributed by atoms with Gasteiger partial charge in [0.2, 0.25) is 10.0 Å². The van der Waals surface area contributed by atoms with Crippen LogP contribution in [-0.4, -0.2) is 18.5 Å². The number of hydrogen-bond donors (Lipinski definition) is 3. The summed E-state index contributed by atoms with van der Waals surface area (Å²) in [6.45, 7) is 1.42. The van der Waals surface area contributed by atoms with Gasteiger partial charge in [0.1, 0.15) is 0 Å². The number of benzene rings is 1. The van der Waals surface area contributed by atoms with Gasteiger partial charge in [0.25, 0.3) is 0 Å². The SMILES string of the molecule is Cc1c(Br)cc(CO)cc1S(=O)(=O)NCc1csc(=O)[nH]1. The highest BCUT2D eigenvalue weighted by molar-refractivity contribution is 9.10. The van der Waals surface area contributed by atoms with E-state index in [4.69, 9.17) is 0 Å². The Labute approximate surface area is 134 Å². The minimum Gasteiger partial charge on any atom is -0.392 e. The van der Waals surface area contributed by atoms with Gasteiger partial charge in [-0.15, -0.1) is 0 Å².